The number of rotatable bonds is 3. The second-order valence-electron chi connectivity index (χ2n) is 11.2. The van der Waals surface area contributed by atoms with Gasteiger partial charge < -0.3 is 4.42 Å². The Hall–Kier alpha value is -3.90. The molecule has 0 amide bonds. The third-order valence-electron chi connectivity index (χ3n) is 7.03. The average Bonchev–Trinajstić information content (AvgIpc) is 3.20. The molecule has 3 nitrogen and oxygen atoms in total. The van der Waals surface area contributed by atoms with Crippen molar-refractivity contribution in [2.24, 2.45) is 12.5 Å². The Morgan fingerprint density at radius 2 is 1.58 bits per heavy atom. The van der Waals surface area contributed by atoms with E-state index in [1.54, 1.807) is 0 Å². The van der Waals surface area contributed by atoms with Gasteiger partial charge in [-0.1, -0.05) is 69.3 Å². The van der Waals surface area contributed by atoms with Gasteiger partial charge in [-0.2, -0.15) is 0 Å². The minimum absolute atomic E-state index is 0.194. The normalized spacial score (nSPS) is 11.8. The fraction of sp³-hybridized carbons (Fsp3) is 0.273. The molecule has 0 bridgehead atoms. The van der Waals surface area contributed by atoms with Gasteiger partial charge in [0.15, 0.2) is 11.9 Å². The molecule has 2 aromatic heterocycles. The molecule has 0 fully saturated rings. The molecule has 0 aliphatic heterocycles. The molecule has 180 valence electrons. The van der Waals surface area contributed by atoms with Crippen LogP contribution in [0.1, 0.15) is 43.0 Å². The van der Waals surface area contributed by atoms with Crippen molar-refractivity contribution in [2.45, 2.75) is 48.0 Å². The molecule has 0 N–H and O–H groups in total. The van der Waals surface area contributed by atoms with Crippen LogP contribution in [0.5, 0.6) is 0 Å². The molecule has 0 aliphatic rings. The molecule has 2 heterocycles. The first-order valence-corrected chi connectivity index (χ1v) is 12.5. The number of hydrogen-bond acceptors (Lipinski definition) is 1. The van der Waals surface area contributed by atoms with Crippen LogP contribution >= 0.6 is 0 Å². The number of hydrogen-bond donors (Lipinski definition) is 0. The molecule has 3 aromatic carbocycles. The molecule has 5 aromatic rings. The summed E-state index contributed by atoms with van der Waals surface area (Å²) in [5.74, 6) is 0. The largest absolute Gasteiger partial charge is 0.456 e. The van der Waals surface area contributed by atoms with Gasteiger partial charge in [0.05, 0.1) is 12.1 Å². The highest BCUT2D eigenvalue weighted by Gasteiger charge is 2.26. The van der Waals surface area contributed by atoms with Crippen molar-refractivity contribution in [3.63, 3.8) is 0 Å². The number of aryl methyl sites for hydroxylation is 4. The smallest absolute Gasteiger partial charge is 0.216 e. The Labute approximate surface area is 213 Å². The first-order chi connectivity index (χ1) is 17.1. The lowest BCUT2D eigenvalue weighted by Crippen LogP contribution is -2.32. The minimum atomic E-state index is 0.194. The Morgan fingerprint density at radius 3 is 2.25 bits per heavy atom. The maximum Gasteiger partial charge on any atom is 0.216 e. The monoisotopic (exact) mass is 473 g/mol. The summed E-state index contributed by atoms with van der Waals surface area (Å²) in [7, 11) is 2.11. The summed E-state index contributed by atoms with van der Waals surface area (Å²) in [6.07, 6.45) is 3.24. The second kappa shape index (κ2) is 8.64. The molecule has 0 saturated carbocycles. The molecule has 0 atom stereocenters. The van der Waals surface area contributed by atoms with Crippen molar-refractivity contribution in [1.82, 2.24) is 0 Å². The molecule has 0 aliphatic carbocycles. The van der Waals surface area contributed by atoms with E-state index >= 15 is 0 Å². The summed E-state index contributed by atoms with van der Waals surface area (Å²) < 4.78 is 9.01. The SMILES string of the molecule is [C-]#[N+]c1ccc2c(oc3c(-c4cc(CC(C)(C)C)c(C)c[n+]4C)c(C)cc(C)c32)c1-c1ccccc1. The zero-order chi connectivity index (χ0) is 25.8. The number of nitrogens with zero attached hydrogens (tertiary/aromatic N) is 2. The Kier molecular flexibility index (Phi) is 5.72. The van der Waals surface area contributed by atoms with Crippen LogP contribution in [0, 0.1) is 32.8 Å². The van der Waals surface area contributed by atoms with Gasteiger partial charge in [0.25, 0.3) is 0 Å². The second-order valence-corrected chi connectivity index (χ2v) is 11.2. The standard InChI is InChI=1S/C33H33N2O/c1-20-16-21(2)29(27-17-24(18-33(4,5)6)22(3)19-35(27)8)32-28(20)25-14-15-26(34-7)30(31(25)36-32)23-12-10-9-11-13-23/h9-17,19H,18H2,1-6,8H3/q+1. The maximum atomic E-state index is 7.82. The predicted molar refractivity (Wildman–Crippen MR) is 149 cm³/mol. The summed E-state index contributed by atoms with van der Waals surface area (Å²) in [5.41, 5.74) is 11.6. The summed E-state index contributed by atoms with van der Waals surface area (Å²) in [4.78, 5) is 3.84. The van der Waals surface area contributed by atoms with E-state index in [1.807, 2.05) is 30.3 Å². The van der Waals surface area contributed by atoms with Crippen LogP contribution in [-0.4, -0.2) is 0 Å². The van der Waals surface area contributed by atoms with Gasteiger partial charge in [0.2, 0.25) is 5.69 Å². The number of aromatic nitrogens is 1. The highest BCUT2D eigenvalue weighted by atomic mass is 16.3. The van der Waals surface area contributed by atoms with E-state index in [-0.39, 0.29) is 5.41 Å². The van der Waals surface area contributed by atoms with E-state index in [0.717, 1.165) is 50.7 Å². The molecule has 0 radical (unpaired) electrons. The van der Waals surface area contributed by atoms with Crippen molar-refractivity contribution in [3.05, 3.63) is 94.5 Å². The molecule has 3 heteroatoms. The van der Waals surface area contributed by atoms with Crippen LogP contribution in [0.2, 0.25) is 0 Å². The van der Waals surface area contributed by atoms with Crippen molar-refractivity contribution in [2.75, 3.05) is 0 Å². The van der Waals surface area contributed by atoms with Gasteiger partial charge in [0.1, 0.15) is 18.2 Å². The topological polar surface area (TPSA) is 21.4 Å². The first-order valence-electron chi connectivity index (χ1n) is 12.5. The highest BCUT2D eigenvalue weighted by molar-refractivity contribution is 6.16. The quantitative estimate of drug-likeness (QED) is 0.189. The summed E-state index contributed by atoms with van der Waals surface area (Å²) in [6, 6.07) is 18.7. The zero-order valence-electron chi connectivity index (χ0n) is 22.3. The van der Waals surface area contributed by atoms with Crippen LogP contribution < -0.4 is 4.57 Å². The molecule has 0 spiro atoms. The van der Waals surface area contributed by atoms with E-state index in [4.69, 9.17) is 11.0 Å². The maximum absolute atomic E-state index is 7.82. The molecular weight excluding hydrogens is 440 g/mol. The van der Waals surface area contributed by atoms with Gasteiger partial charge in [0, 0.05) is 28.0 Å². The first kappa shape index (κ1) is 23.8. The third-order valence-corrected chi connectivity index (χ3v) is 7.03. The zero-order valence-corrected chi connectivity index (χ0v) is 22.3. The third kappa shape index (κ3) is 3.97. The molecule has 0 saturated heterocycles. The van der Waals surface area contributed by atoms with Crippen molar-refractivity contribution < 1.29 is 8.98 Å². The summed E-state index contributed by atoms with van der Waals surface area (Å²) in [6.45, 7) is 21.2. The summed E-state index contributed by atoms with van der Waals surface area (Å²) in [5, 5.41) is 2.18. The fourth-order valence-electron chi connectivity index (χ4n) is 5.50. The van der Waals surface area contributed by atoms with Gasteiger partial charge in [-0.15, -0.1) is 0 Å². The number of fused-ring (bicyclic) bond motifs is 3. The Balaban J connectivity index is 1.88. The van der Waals surface area contributed by atoms with E-state index in [1.165, 1.54) is 22.3 Å². The number of benzene rings is 3. The minimum Gasteiger partial charge on any atom is -0.456 e. The fourth-order valence-corrected chi connectivity index (χ4v) is 5.50. The van der Waals surface area contributed by atoms with E-state index < -0.39 is 0 Å². The van der Waals surface area contributed by atoms with Crippen molar-refractivity contribution in [1.29, 1.82) is 0 Å². The Morgan fingerprint density at radius 1 is 0.861 bits per heavy atom. The molecule has 36 heavy (non-hydrogen) atoms. The number of pyridine rings is 1. The van der Waals surface area contributed by atoms with Gasteiger partial charge in [-0.25, -0.2) is 9.41 Å². The van der Waals surface area contributed by atoms with Gasteiger partial charge >= 0.3 is 0 Å². The van der Waals surface area contributed by atoms with Crippen LogP contribution in [0.4, 0.5) is 5.69 Å². The lowest BCUT2D eigenvalue weighted by atomic mass is 9.86. The molecule has 0 unspecified atom stereocenters. The Bertz CT molecular complexity index is 1680. The van der Waals surface area contributed by atoms with Crippen LogP contribution in [-0.2, 0) is 13.5 Å². The average molecular weight is 474 g/mol. The lowest BCUT2D eigenvalue weighted by molar-refractivity contribution is -0.660. The lowest BCUT2D eigenvalue weighted by Gasteiger charge is -2.19. The van der Waals surface area contributed by atoms with E-state index in [2.05, 4.69) is 88.5 Å². The number of furan rings is 1. The van der Waals surface area contributed by atoms with Crippen LogP contribution in [0.15, 0.2) is 65.2 Å². The molecular formula is C33H33N2O+. The highest BCUT2D eigenvalue weighted by Crippen LogP contribution is 2.45. The predicted octanol–water partition coefficient (Wildman–Crippen LogP) is 8.81. The molecule has 5 rings (SSSR count). The summed E-state index contributed by atoms with van der Waals surface area (Å²) >= 11 is 0. The van der Waals surface area contributed by atoms with Crippen molar-refractivity contribution in [3.8, 4) is 22.4 Å². The van der Waals surface area contributed by atoms with E-state index in [0.29, 0.717) is 5.69 Å². The van der Waals surface area contributed by atoms with Gasteiger partial charge in [-0.3, -0.25) is 0 Å². The van der Waals surface area contributed by atoms with Crippen LogP contribution in [0.25, 0.3) is 49.2 Å². The van der Waals surface area contributed by atoms with Gasteiger partial charge in [-0.05, 0) is 54.9 Å². The van der Waals surface area contributed by atoms with E-state index in [9.17, 15) is 0 Å². The van der Waals surface area contributed by atoms with Crippen molar-refractivity contribution >= 4 is 27.6 Å². The van der Waals surface area contributed by atoms with Crippen LogP contribution in [0.3, 0.4) is 0 Å².